The molecule has 0 spiro atoms. The summed E-state index contributed by atoms with van der Waals surface area (Å²) in [6.07, 6.45) is 0.485. The third kappa shape index (κ3) is 4.17. The van der Waals surface area contributed by atoms with E-state index in [0.29, 0.717) is 13.0 Å². The van der Waals surface area contributed by atoms with E-state index in [1.807, 2.05) is 0 Å². The van der Waals surface area contributed by atoms with E-state index in [4.69, 9.17) is 15.2 Å². The van der Waals surface area contributed by atoms with Gasteiger partial charge < -0.3 is 25.6 Å². The summed E-state index contributed by atoms with van der Waals surface area (Å²) in [5.41, 5.74) is 4.42. The minimum atomic E-state index is -1.01. The number of nitrogens with two attached hydrogens (primary N) is 1. The van der Waals surface area contributed by atoms with Crippen LogP contribution in [0.15, 0.2) is 24.3 Å². The largest absolute Gasteiger partial charge is 0.483 e. The van der Waals surface area contributed by atoms with Crippen LogP contribution in [0.3, 0.4) is 0 Å². The summed E-state index contributed by atoms with van der Waals surface area (Å²) < 4.78 is 10.4. The standard InChI is InChI=1S/C14H18N2O5/c15-13(18)10-3-1-2-4-11(10)21-7-12(17)16-8-14(19)5-6-20-9-14/h1-4,19H,5-9H2,(H2,15,18)(H,16,17). The van der Waals surface area contributed by atoms with E-state index >= 15 is 0 Å². The first-order valence-corrected chi connectivity index (χ1v) is 6.59. The molecule has 1 heterocycles. The fourth-order valence-corrected chi connectivity index (χ4v) is 1.99. The molecule has 1 fully saturated rings. The number of carbonyl (C=O) groups excluding carboxylic acids is 2. The highest BCUT2D eigenvalue weighted by molar-refractivity contribution is 5.95. The Morgan fingerprint density at radius 3 is 2.86 bits per heavy atom. The van der Waals surface area contributed by atoms with Gasteiger partial charge in [0, 0.05) is 19.6 Å². The van der Waals surface area contributed by atoms with Gasteiger partial charge in [0.15, 0.2) is 6.61 Å². The fraction of sp³-hybridized carbons (Fsp3) is 0.429. The third-order valence-electron chi connectivity index (χ3n) is 3.21. The van der Waals surface area contributed by atoms with Crippen LogP contribution in [-0.2, 0) is 9.53 Å². The van der Waals surface area contributed by atoms with Gasteiger partial charge in [-0.2, -0.15) is 0 Å². The topological polar surface area (TPSA) is 111 Å². The van der Waals surface area contributed by atoms with Crippen LogP contribution in [0.1, 0.15) is 16.8 Å². The Morgan fingerprint density at radius 2 is 2.19 bits per heavy atom. The summed E-state index contributed by atoms with van der Waals surface area (Å²) in [7, 11) is 0. The molecule has 1 aliphatic heterocycles. The number of primary amides is 1. The zero-order valence-electron chi connectivity index (χ0n) is 11.5. The lowest BCUT2D eigenvalue weighted by molar-refractivity contribution is -0.124. The van der Waals surface area contributed by atoms with Crippen LogP contribution in [-0.4, -0.2) is 48.9 Å². The molecule has 1 saturated heterocycles. The SMILES string of the molecule is NC(=O)c1ccccc1OCC(=O)NCC1(O)CCOC1. The van der Waals surface area contributed by atoms with Crippen molar-refractivity contribution in [3.8, 4) is 5.75 Å². The van der Waals surface area contributed by atoms with E-state index in [1.165, 1.54) is 6.07 Å². The van der Waals surface area contributed by atoms with Crippen molar-refractivity contribution in [1.29, 1.82) is 0 Å². The van der Waals surface area contributed by atoms with Crippen LogP contribution in [0.4, 0.5) is 0 Å². The second-order valence-electron chi connectivity index (χ2n) is 4.95. The van der Waals surface area contributed by atoms with Gasteiger partial charge in [-0.25, -0.2) is 0 Å². The van der Waals surface area contributed by atoms with Gasteiger partial charge in [-0.15, -0.1) is 0 Å². The number of benzene rings is 1. The van der Waals surface area contributed by atoms with E-state index in [0.717, 1.165) is 0 Å². The van der Waals surface area contributed by atoms with Crippen molar-refractivity contribution in [3.63, 3.8) is 0 Å². The van der Waals surface area contributed by atoms with Crippen molar-refractivity contribution in [2.45, 2.75) is 12.0 Å². The Balaban J connectivity index is 1.83. The number of aliphatic hydroxyl groups is 1. The molecule has 1 unspecified atom stereocenters. The number of amides is 2. The normalized spacial score (nSPS) is 21.0. The molecule has 7 nitrogen and oxygen atoms in total. The predicted molar refractivity (Wildman–Crippen MR) is 73.9 cm³/mol. The molecule has 2 rings (SSSR count). The maximum Gasteiger partial charge on any atom is 0.258 e. The van der Waals surface area contributed by atoms with Crippen LogP contribution < -0.4 is 15.8 Å². The molecule has 0 bridgehead atoms. The molecule has 4 N–H and O–H groups in total. The van der Waals surface area contributed by atoms with Gasteiger partial charge in [-0.05, 0) is 12.1 Å². The van der Waals surface area contributed by atoms with Crippen molar-refractivity contribution in [2.75, 3.05) is 26.4 Å². The quantitative estimate of drug-likeness (QED) is 0.651. The highest BCUT2D eigenvalue weighted by atomic mass is 16.5. The van der Waals surface area contributed by atoms with Crippen molar-refractivity contribution < 1.29 is 24.2 Å². The van der Waals surface area contributed by atoms with E-state index in [2.05, 4.69) is 5.32 Å². The molecular formula is C14H18N2O5. The molecule has 7 heteroatoms. The molecule has 0 saturated carbocycles. The average Bonchev–Trinajstić information content (AvgIpc) is 2.90. The van der Waals surface area contributed by atoms with Gasteiger partial charge in [-0.3, -0.25) is 9.59 Å². The van der Waals surface area contributed by atoms with Gasteiger partial charge in [0.25, 0.3) is 11.8 Å². The summed E-state index contributed by atoms with van der Waals surface area (Å²) in [4.78, 5) is 22.9. The van der Waals surface area contributed by atoms with Crippen molar-refractivity contribution in [2.24, 2.45) is 5.73 Å². The highest BCUT2D eigenvalue weighted by Gasteiger charge is 2.32. The van der Waals surface area contributed by atoms with Crippen LogP contribution >= 0.6 is 0 Å². The summed E-state index contributed by atoms with van der Waals surface area (Å²) in [6, 6.07) is 6.42. The molecule has 1 aromatic carbocycles. The molecule has 1 atom stereocenters. The number of rotatable bonds is 6. The maximum absolute atomic E-state index is 11.7. The number of para-hydroxylation sites is 1. The summed E-state index contributed by atoms with van der Waals surface area (Å²) in [6.45, 7) is 0.529. The molecule has 1 aromatic rings. The Labute approximate surface area is 122 Å². The van der Waals surface area contributed by atoms with Gasteiger partial charge in [0.05, 0.1) is 12.2 Å². The molecule has 0 aliphatic carbocycles. The Kier molecular flexibility index (Phi) is 4.77. The van der Waals surface area contributed by atoms with E-state index in [1.54, 1.807) is 18.2 Å². The van der Waals surface area contributed by atoms with E-state index < -0.39 is 17.4 Å². The lowest BCUT2D eigenvalue weighted by Crippen LogP contribution is -2.44. The van der Waals surface area contributed by atoms with Gasteiger partial charge in [0.1, 0.15) is 11.4 Å². The Bertz CT molecular complexity index is 526. The zero-order valence-corrected chi connectivity index (χ0v) is 11.5. The first-order chi connectivity index (χ1) is 10.0. The van der Waals surface area contributed by atoms with E-state index in [-0.39, 0.29) is 31.1 Å². The summed E-state index contributed by atoms with van der Waals surface area (Å²) in [5, 5.41) is 12.6. The smallest absolute Gasteiger partial charge is 0.258 e. The van der Waals surface area contributed by atoms with Crippen molar-refractivity contribution in [1.82, 2.24) is 5.32 Å². The summed E-state index contributed by atoms with van der Waals surface area (Å²) in [5.74, 6) is -0.763. The van der Waals surface area contributed by atoms with Crippen molar-refractivity contribution in [3.05, 3.63) is 29.8 Å². The molecule has 0 aromatic heterocycles. The predicted octanol–water partition coefficient (Wildman–Crippen LogP) is -0.568. The van der Waals surface area contributed by atoms with Gasteiger partial charge in [-0.1, -0.05) is 12.1 Å². The molecule has 21 heavy (non-hydrogen) atoms. The summed E-state index contributed by atoms with van der Waals surface area (Å²) >= 11 is 0. The Hall–Kier alpha value is -2.12. The van der Waals surface area contributed by atoms with Crippen LogP contribution in [0, 0.1) is 0 Å². The second kappa shape index (κ2) is 6.55. The molecule has 114 valence electrons. The molecule has 1 aliphatic rings. The Morgan fingerprint density at radius 1 is 1.43 bits per heavy atom. The second-order valence-corrected chi connectivity index (χ2v) is 4.95. The minimum Gasteiger partial charge on any atom is -0.483 e. The third-order valence-corrected chi connectivity index (χ3v) is 3.21. The zero-order chi connectivity index (χ0) is 15.3. The molecule has 0 radical (unpaired) electrons. The number of carbonyl (C=O) groups is 2. The average molecular weight is 294 g/mol. The van der Waals surface area contributed by atoms with Gasteiger partial charge >= 0.3 is 0 Å². The van der Waals surface area contributed by atoms with Gasteiger partial charge in [0.2, 0.25) is 0 Å². The fourth-order valence-electron chi connectivity index (χ4n) is 1.99. The first kappa shape index (κ1) is 15.3. The highest BCUT2D eigenvalue weighted by Crippen LogP contribution is 2.18. The lowest BCUT2D eigenvalue weighted by Gasteiger charge is -2.20. The van der Waals surface area contributed by atoms with Crippen LogP contribution in [0.2, 0.25) is 0 Å². The minimum absolute atomic E-state index is 0.104. The number of nitrogens with one attached hydrogen (secondary N) is 1. The van der Waals surface area contributed by atoms with Crippen molar-refractivity contribution >= 4 is 11.8 Å². The lowest BCUT2D eigenvalue weighted by atomic mass is 10.0. The van der Waals surface area contributed by atoms with Crippen LogP contribution in [0.5, 0.6) is 5.75 Å². The number of ether oxygens (including phenoxy) is 2. The molecule has 2 amide bonds. The number of hydrogen-bond acceptors (Lipinski definition) is 5. The van der Waals surface area contributed by atoms with Crippen LogP contribution in [0.25, 0.3) is 0 Å². The first-order valence-electron chi connectivity index (χ1n) is 6.59. The molecular weight excluding hydrogens is 276 g/mol. The maximum atomic E-state index is 11.7. The van der Waals surface area contributed by atoms with E-state index in [9.17, 15) is 14.7 Å². The number of hydrogen-bond donors (Lipinski definition) is 3. The monoisotopic (exact) mass is 294 g/mol.